The molecular formula is C11H13Br2NO4S2. The van der Waals surface area contributed by atoms with Gasteiger partial charge in [-0.1, -0.05) is 12.8 Å². The normalized spacial score (nSPS) is 21.6. The van der Waals surface area contributed by atoms with Crippen LogP contribution in [0, 0.1) is 0 Å². The maximum Gasteiger partial charge on any atom is 0.322 e. The van der Waals surface area contributed by atoms with Crippen LogP contribution in [0.1, 0.15) is 25.7 Å². The summed E-state index contributed by atoms with van der Waals surface area (Å²) >= 11 is 7.73. The van der Waals surface area contributed by atoms with E-state index in [-0.39, 0.29) is 11.4 Å². The highest BCUT2D eigenvalue weighted by Gasteiger charge is 2.38. The summed E-state index contributed by atoms with van der Waals surface area (Å²) in [5.74, 6) is -1.08. The molecule has 1 N–H and O–H groups in total. The third kappa shape index (κ3) is 3.27. The topological polar surface area (TPSA) is 74.7 Å². The van der Waals surface area contributed by atoms with Crippen LogP contribution in [0.2, 0.25) is 0 Å². The lowest BCUT2D eigenvalue weighted by molar-refractivity contribution is -0.141. The van der Waals surface area contributed by atoms with Gasteiger partial charge in [-0.25, -0.2) is 8.42 Å². The Labute approximate surface area is 138 Å². The molecule has 1 aliphatic heterocycles. The van der Waals surface area contributed by atoms with Gasteiger partial charge in [0.15, 0.2) is 0 Å². The van der Waals surface area contributed by atoms with E-state index in [1.807, 2.05) is 0 Å². The van der Waals surface area contributed by atoms with Crippen molar-refractivity contribution in [2.24, 2.45) is 0 Å². The van der Waals surface area contributed by atoms with E-state index in [9.17, 15) is 18.3 Å². The summed E-state index contributed by atoms with van der Waals surface area (Å²) in [7, 11) is -3.80. The number of nitrogens with zero attached hydrogens (tertiary/aromatic N) is 1. The lowest BCUT2D eigenvalue weighted by atomic mass is 10.1. The molecule has 1 saturated heterocycles. The summed E-state index contributed by atoms with van der Waals surface area (Å²) in [6.45, 7) is 0.249. The van der Waals surface area contributed by atoms with E-state index in [1.54, 1.807) is 0 Å². The number of halogens is 2. The molecule has 5 nitrogen and oxygen atoms in total. The summed E-state index contributed by atoms with van der Waals surface area (Å²) in [6.07, 6.45) is 2.63. The van der Waals surface area contributed by atoms with Gasteiger partial charge in [0.1, 0.15) is 10.9 Å². The van der Waals surface area contributed by atoms with Crippen molar-refractivity contribution in [2.45, 2.75) is 36.6 Å². The van der Waals surface area contributed by atoms with Crippen LogP contribution in [0.25, 0.3) is 0 Å². The molecule has 0 radical (unpaired) electrons. The molecule has 20 heavy (non-hydrogen) atoms. The quantitative estimate of drug-likeness (QED) is 0.772. The van der Waals surface area contributed by atoms with E-state index in [4.69, 9.17) is 0 Å². The van der Waals surface area contributed by atoms with Gasteiger partial charge in [0, 0.05) is 6.54 Å². The molecule has 1 aromatic heterocycles. The van der Waals surface area contributed by atoms with E-state index in [0.717, 1.165) is 17.1 Å². The summed E-state index contributed by atoms with van der Waals surface area (Å²) in [6, 6.07) is 0.529. The molecule has 1 aliphatic rings. The first-order chi connectivity index (χ1) is 9.34. The van der Waals surface area contributed by atoms with Crippen molar-refractivity contribution >= 4 is 59.2 Å². The fourth-order valence-corrected chi connectivity index (χ4v) is 7.66. The number of rotatable bonds is 3. The van der Waals surface area contributed by atoms with Crippen LogP contribution in [-0.4, -0.2) is 36.4 Å². The molecule has 1 unspecified atom stereocenters. The summed E-state index contributed by atoms with van der Waals surface area (Å²) in [5.41, 5.74) is 0. The molecule has 2 heterocycles. The third-order valence-corrected chi connectivity index (χ3v) is 7.86. The summed E-state index contributed by atoms with van der Waals surface area (Å²) < 4.78 is 27.7. The maximum absolute atomic E-state index is 12.7. The van der Waals surface area contributed by atoms with Crippen molar-refractivity contribution in [3.8, 4) is 0 Å². The summed E-state index contributed by atoms with van der Waals surface area (Å²) in [4.78, 5) is 11.5. The molecule has 0 aliphatic carbocycles. The molecule has 0 spiro atoms. The van der Waals surface area contributed by atoms with Crippen LogP contribution in [0.15, 0.2) is 18.5 Å². The zero-order chi connectivity index (χ0) is 14.9. The van der Waals surface area contributed by atoms with Gasteiger partial charge >= 0.3 is 5.97 Å². The van der Waals surface area contributed by atoms with Gasteiger partial charge in [-0.3, -0.25) is 4.79 Å². The Morgan fingerprint density at radius 1 is 1.35 bits per heavy atom. The Balaban J connectivity index is 2.44. The predicted molar refractivity (Wildman–Crippen MR) is 83.5 cm³/mol. The molecule has 0 bridgehead atoms. The van der Waals surface area contributed by atoms with Crippen LogP contribution in [-0.2, 0) is 14.8 Å². The first-order valence-corrected chi connectivity index (χ1v) is 9.88. The molecule has 9 heteroatoms. The predicted octanol–water partition coefficient (Wildman–Crippen LogP) is 3.29. The second-order valence-electron chi connectivity index (χ2n) is 4.51. The highest BCUT2D eigenvalue weighted by molar-refractivity contribution is 9.12. The molecule has 1 atom stereocenters. The van der Waals surface area contributed by atoms with Crippen molar-refractivity contribution in [2.75, 3.05) is 6.54 Å². The van der Waals surface area contributed by atoms with Crippen LogP contribution in [0.3, 0.4) is 0 Å². The number of sulfonamides is 1. The average molecular weight is 447 g/mol. The molecular weight excluding hydrogens is 434 g/mol. The molecule has 0 saturated carbocycles. The van der Waals surface area contributed by atoms with E-state index < -0.39 is 22.0 Å². The van der Waals surface area contributed by atoms with E-state index in [0.29, 0.717) is 20.4 Å². The van der Waals surface area contributed by atoms with Gasteiger partial charge in [0.05, 0.1) is 7.57 Å². The maximum atomic E-state index is 12.7. The second kappa shape index (κ2) is 6.43. The minimum Gasteiger partial charge on any atom is -0.480 e. The fraction of sp³-hybridized carbons (Fsp3) is 0.545. The Morgan fingerprint density at radius 2 is 2.05 bits per heavy atom. The van der Waals surface area contributed by atoms with Gasteiger partial charge in [0.2, 0.25) is 10.0 Å². The monoisotopic (exact) mass is 445 g/mol. The molecule has 112 valence electrons. The first-order valence-electron chi connectivity index (χ1n) is 6.03. The number of aliphatic carboxylic acids is 1. The highest BCUT2D eigenvalue weighted by Crippen LogP contribution is 2.37. The van der Waals surface area contributed by atoms with Gasteiger partial charge in [-0.15, -0.1) is 11.3 Å². The van der Waals surface area contributed by atoms with E-state index >= 15 is 0 Å². The summed E-state index contributed by atoms with van der Waals surface area (Å²) in [5, 5.41) is 9.29. The number of carbonyl (C=O) groups is 1. The van der Waals surface area contributed by atoms with Crippen molar-refractivity contribution in [3.63, 3.8) is 0 Å². The number of carboxylic acid groups (broad SMARTS) is 1. The molecule has 0 aromatic carbocycles. The van der Waals surface area contributed by atoms with Gasteiger partial charge in [-0.2, -0.15) is 4.31 Å². The standard InChI is InChI=1S/C11H13Br2NO4S2/c12-9-6-8(10(13)19-9)20(17,18)14-5-3-1-2-4-7(14)11(15)16/h6-7H,1-5H2,(H,15,16). The smallest absolute Gasteiger partial charge is 0.322 e. The number of carboxylic acids is 1. The third-order valence-electron chi connectivity index (χ3n) is 3.20. The molecule has 2 rings (SSSR count). The molecule has 1 fully saturated rings. The minimum atomic E-state index is -3.80. The van der Waals surface area contributed by atoms with Gasteiger partial charge in [-0.05, 0) is 50.8 Å². The van der Waals surface area contributed by atoms with Crippen LogP contribution >= 0.6 is 43.2 Å². The zero-order valence-electron chi connectivity index (χ0n) is 10.4. The Hall–Kier alpha value is 0.0400. The Kier molecular flexibility index (Phi) is 5.28. The first kappa shape index (κ1) is 16.4. The van der Waals surface area contributed by atoms with Crippen LogP contribution in [0.5, 0.6) is 0 Å². The van der Waals surface area contributed by atoms with Crippen molar-refractivity contribution in [3.05, 3.63) is 13.6 Å². The number of hydrogen-bond donors (Lipinski definition) is 1. The minimum absolute atomic E-state index is 0.127. The SMILES string of the molecule is O=C(O)C1CCCCCN1S(=O)(=O)c1cc(Br)sc1Br. The largest absolute Gasteiger partial charge is 0.480 e. The highest BCUT2D eigenvalue weighted by atomic mass is 79.9. The molecule has 1 aromatic rings. The van der Waals surface area contributed by atoms with Crippen LogP contribution < -0.4 is 0 Å². The van der Waals surface area contributed by atoms with Gasteiger partial charge < -0.3 is 5.11 Å². The van der Waals surface area contributed by atoms with Crippen LogP contribution in [0.4, 0.5) is 0 Å². The zero-order valence-corrected chi connectivity index (χ0v) is 15.2. The lowest BCUT2D eigenvalue weighted by Crippen LogP contribution is -2.44. The number of thiophene rings is 1. The van der Waals surface area contributed by atoms with E-state index in [1.165, 1.54) is 17.4 Å². The van der Waals surface area contributed by atoms with E-state index in [2.05, 4.69) is 31.9 Å². The van der Waals surface area contributed by atoms with Crippen molar-refractivity contribution in [1.82, 2.24) is 4.31 Å². The van der Waals surface area contributed by atoms with Crippen molar-refractivity contribution < 1.29 is 18.3 Å². The number of hydrogen-bond acceptors (Lipinski definition) is 4. The second-order valence-corrected chi connectivity index (χ2v) is 10.1. The Morgan fingerprint density at radius 3 is 2.60 bits per heavy atom. The molecule has 0 amide bonds. The van der Waals surface area contributed by atoms with Gasteiger partial charge in [0.25, 0.3) is 0 Å². The average Bonchev–Trinajstić information content (AvgIpc) is 2.59. The Bertz CT molecular complexity index is 614. The lowest BCUT2D eigenvalue weighted by Gasteiger charge is -2.25. The fourth-order valence-electron chi connectivity index (χ4n) is 2.24. The van der Waals surface area contributed by atoms with Crippen molar-refractivity contribution in [1.29, 1.82) is 0 Å².